The number of fused-ring (bicyclic) bond motifs is 1. The van der Waals surface area contributed by atoms with Crippen LogP contribution in [0.4, 0.5) is 0 Å². The molecule has 0 bridgehead atoms. The fourth-order valence-electron chi connectivity index (χ4n) is 3.53. The van der Waals surface area contributed by atoms with Crippen LogP contribution < -0.4 is 0 Å². The zero-order chi connectivity index (χ0) is 16.5. The normalized spacial score (nSPS) is 18.0. The third-order valence-electron chi connectivity index (χ3n) is 4.80. The zero-order valence-corrected chi connectivity index (χ0v) is 15.0. The van der Waals surface area contributed by atoms with E-state index in [9.17, 15) is 0 Å². The van der Waals surface area contributed by atoms with Crippen LogP contribution in [0.5, 0.6) is 0 Å². The Balaban J connectivity index is 1.73. The van der Waals surface area contributed by atoms with Gasteiger partial charge in [0.15, 0.2) is 0 Å². The third kappa shape index (κ3) is 2.70. The number of nitrogens with zero attached hydrogens (tertiary/aromatic N) is 4. The summed E-state index contributed by atoms with van der Waals surface area (Å²) in [6.07, 6.45) is 7.96. The second-order valence-electron chi connectivity index (χ2n) is 6.39. The first-order valence-electron chi connectivity index (χ1n) is 8.58. The van der Waals surface area contributed by atoms with Crippen molar-refractivity contribution < 1.29 is 0 Å². The largest absolute Gasteiger partial charge is 0.348 e. The highest BCUT2D eigenvalue weighted by molar-refractivity contribution is 7.10. The van der Waals surface area contributed by atoms with Crippen LogP contribution in [0.3, 0.4) is 0 Å². The van der Waals surface area contributed by atoms with Crippen LogP contribution >= 0.6 is 11.3 Å². The maximum atomic E-state index is 4.71. The summed E-state index contributed by atoms with van der Waals surface area (Å²) in [5, 5.41) is 2.18. The number of imidazole rings is 2. The average molecular weight is 341 g/mol. The molecule has 0 aromatic carbocycles. The van der Waals surface area contributed by atoms with E-state index in [0.717, 1.165) is 44.0 Å². The number of hydrogen-bond donors (Lipinski definition) is 1. The lowest BCUT2D eigenvalue weighted by Crippen LogP contribution is -2.37. The molecule has 0 fully saturated rings. The van der Waals surface area contributed by atoms with Crippen LogP contribution in [0.15, 0.2) is 30.2 Å². The number of thiophene rings is 1. The highest BCUT2D eigenvalue weighted by atomic mass is 32.1. The quantitative estimate of drug-likeness (QED) is 0.772. The van der Waals surface area contributed by atoms with Crippen LogP contribution in [-0.2, 0) is 19.5 Å². The van der Waals surface area contributed by atoms with Crippen molar-refractivity contribution in [1.29, 1.82) is 0 Å². The van der Waals surface area contributed by atoms with E-state index in [4.69, 9.17) is 4.98 Å². The molecule has 1 aliphatic heterocycles. The van der Waals surface area contributed by atoms with Crippen molar-refractivity contribution >= 4 is 11.3 Å². The van der Waals surface area contributed by atoms with E-state index in [1.54, 1.807) is 0 Å². The number of H-pyrrole nitrogens is 1. The van der Waals surface area contributed by atoms with Gasteiger partial charge >= 0.3 is 0 Å². The van der Waals surface area contributed by atoms with Gasteiger partial charge < -0.3 is 9.55 Å². The lowest BCUT2D eigenvalue weighted by molar-refractivity contribution is 0.191. The molecule has 0 spiro atoms. The zero-order valence-electron chi connectivity index (χ0n) is 14.2. The molecule has 1 aliphatic rings. The molecule has 0 amide bonds. The summed E-state index contributed by atoms with van der Waals surface area (Å²) in [7, 11) is 0. The van der Waals surface area contributed by atoms with Crippen LogP contribution in [0.1, 0.15) is 47.0 Å². The minimum absolute atomic E-state index is 0.128. The molecule has 1 atom stereocenters. The topological polar surface area (TPSA) is 49.7 Å². The minimum Gasteiger partial charge on any atom is -0.348 e. The number of aryl methyl sites for hydroxylation is 2. The Kier molecular flexibility index (Phi) is 4.24. The molecule has 4 heterocycles. The Bertz CT molecular complexity index is 815. The van der Waals surface area contributed by atoms with Gasteiger partial charge in [0.1, 0.15) is 11.9 Å². The van der Waals surface area contributed by atoms with Gasteiger partial charge in [0.2, 0.25) is 0 Å². The summed E-state index contributed by atoms with van der Waals surface area (Å²) in [5.74, 6) is 1.11. The summed E-state index contributed by atoms with van der Waals surface area (Å²) in [6.45, 7) is 7.38. The molecule has 0 radical (unpaired) electrons. The molecule has 0 saturated carbocycles. The Morgan fingerprint density at radius 2 is 2.29 bits per heavy atom. The first-order valence-corrected chi connectivity index (χ1v) is 9.46. The molecule has 0 unspecified atom stereocenters. The predicted molar refractivity (Wildman–Crippen MR) is 96.1 cm³/mol. The molecular weight excluding hydrogens is 318 g/mol. The van der Waals surface area contributed by atoms with Crippen molar-refractivity contribution in [3.05, 3.63) is 57.8 Å². The lowest BCUT2D eigenvalue weighted by Gasteiger charge is -2.34. The molecule has 0 aliphatic carbocycles. The van der Waals surface area contributed by atoms with Crippen molar-refractivity contribution in [2.24, 2.45) is 0 Å². The van der Waals surface area contributed by atoms with E-state index < -0.39 is 0 Å². The van der Waals surface area contributed by atoms with Gasteiger partial charge in [-0.25, -0.2) is 9.97 Å². The number of nitrogens with one attached hydrogen (secondary N) is 1. The van der Waals surface area contributed by atoms with Crippen molar-refractivity contribution in [1.82, 2.24) is 24.4 Å². The third-order valence-corrected chi connectivity index (χ3v) is 5.80. The molecular formula is C18H23N5S. The van der Waals surface area contributed by atoms with Gasteiger partial charge in [-0.1, -0.05) is 6.92 Å². The van der Waals surface area contributed by atoms with Gasteiger partial charge in [0.05, 0.1) is 12.0 Å². The van der Waals surface area contributed by atoms with Crippen molar-refractivity contribution in [3.63, 3.8) is 0 Å². The van der Waals surface area contributed by atoms with Gasteiger partial charge in [0.25, 0.3) is 0 Å². The fourth-order valence-corrected chi connectivity index (χ4v) is 4.46. The second kappa shape index (κ2) is 6.53. The Morgan fingerprint density at radius 1 is 1.38 bits per heavy atom. The summed E-state index contributed by atoms with van der Waals surface area (Å²) in [4.78, 5) is 16.6. The SMILES string of the molecule is CCCn1ccnc1[C@H]1c2nc[nH]c2CCN1Cc1sccc1C. The Hall–Kier alpha value is -1.92. The van der Waals surface area contributed by atoms with Crippen LogP contribution in [0.25, 0.3) is 0 Å². The van der Waals surface area contributed by atoms with E-state index in [1.807, 2.05) is 23.9 Å². The Labute approximate surface area is 146 Å². The van der Waals surface area contributed by atoms with E-state index in [1.165, 1.54) is 16.1 Å². The van der Waals surface area contributed by atoms with E-state index >= 15 is 0 Å². The maximum Gasteiger partial charge on any atom is 0.132 e. The van der Waals surface area contributed by atoms with Crippen molar-refractivity contribution in [3.8, 4) is 0 Å². The summed E-state index contributed by atoms with van der Waals surface area (Å²) in [5.41, 5.74) is 3.77. The van der Waals surface area contributed by atoms with Crippen LogP contribution in [-0.4, -0.2) is 31.0 Å². The number of aromatic amines is 1. The highest BCUT2D eigenvalue weighted by Gasteiger charge is 2.34. The molecule has 3 aromatic rings. The van der Waals surface area contributed by atoms with Gasteiger partial charge in [0, 0.05) is 49.0 Å². The van der Waals surface area contributed by atoms with Gasteiger partial charge in [-0.2, -0.15) is 0 Å². The lowest BCUT2D eigenvalue weighted by atomic mass is 10.0. The summed E-state index contributed by atoms with van der Waals surface area (Å²) < 4.78 is 2.28. The summed E-state index contributed by atoms with van der Waals surface area (Å²) >= 11 is 1.84. The van der Waals surface area contributed by atoms with E-state index in [0.29, 0.717) is 0 Å². The molecule has 1 N–H and O–H groups in total. The number of hydrogen-bond acceptors (Lipinski definition) is 4. The van der Waals surface area contributed by atoms with Crippen LogP contribution in [0, 0.1) is 6.92 Å². The van der Waals surface area contributed by atoms with Gasteiger partial charge in [-0.05, 0) is 30.4 Å². The maximum absolute atomic E-state index is 4.71. The molecule has 4 rings (SSSR count). The molecule has 3 aromatic heterocycles. The highest BCUT2D eigenvalue weighted by Crippen LogP contribution is 2.34. The molecule has 6 heteroatoms. The van der Waals surface area contributed by atoms with E-state index in [-0.39, 0.29) is 6.04 Å². The average Bonchev–Trinajstić information content (AvgIpc) is 3.30. The first kappa shape index (κ1) is 15.6. The second-order valence-corrected chi connectivity index (χ2v) is 7.40. The monoisotopic (exact) mass is 341 g/mol. The van der Waals surface area contributed by atoms with Crippen molar-refractivity contribution in [2.75, 3.05) is 6.54 Å². The van der Waals surface area contributed by atoms with Gasteiger partial charge in [-0.15, -0.1) is 11.3 Å². The smallest absolute Gasteiger partial charge is 0.132 e. The minimum atomic E-state index is 0.128. The van der Waals surface area contributed by atoms with E-state index in [2.05, 4.69) is 50.9 Å². The van der Waals surface area contributed by atoms with Crippen molar-refractivity contribution in [2.45, 2.75) is 45.8 Å². The molecule has 126 valence electrons. The first-order chi connectivity index (χ1) is 11.8. The van der Waals surface area contributed by atoms with Gasteiger partial charge in [-0.3, -0.25) is 4.90 Å². The predicted octanol–water partition coefficient (Wildman–Crippen LogP) is 3.53. The van der Waals surface area contributed by atoms with Crippen LogP contribution in [0.2, 0.25) is 0 Å². The molecule has 5 nitrogen and oxygen atoms in total. The standard InChI is InChI=1S/C18H23N5S/c1-3-7-22-9-6-19-18(22)17-16-14(20-12-21-16)4-8-23(17)11-15-13(2)5-10-24-15/h5-6,9-10,12,17H,3-4,7-8,11H2,1-2H3,(H,20,21)/t17-/m1/s1. The number of rotatable bonds is 5. The molecule has 0 saturated heterocycles. The number of aromatic nitrogens is 4. The summed E-state index contributed by atoms with van der Waals surface area (Å²) in [6, 6.07) is 2.33. The molecule has 24 heavy (non-hydrogen) atoms. The Morgan fingerprint density at radius 3 is 3.08 bits per heavy atom. The fraction of sp³-hybridized carbons (Fsp3) is 0.444.